The lowest BCUT2D eigenvalue weighted by Gasteiger charge is -2.40. The van der Waals surface area contributed by atoms with Crippen molar-refractivity contribution in [3.63, 3.8) is 0 Å². The summed E-state index contributed by atoms with van der Waals surface area (Å²) in [7, 11) is 0. The third kappa shape index (κ3) is 3.74. The van der Waals surface area contributed by atoms with Crippen molar-refractivity contribution in [1.29, 1.82) is 0 Å². The molecule has 0 heterocycles. The summed E-state index contributed by atoms with van der Waals surface area (Å²) in [6, 6.07) is 0. The van der Waals surface area contributed by atoms with E-state index in [4.69, 9.17) is 4.74 Å². The first-order valence-corrected chi connectivity index (χ1v) is 7.45. The summed E-state index contributed by atoms with van der Waals surface area (Å²) in [5, 5.41) is 1.00. The highest BCUT2D eigenvalue weighted by molar-refractivity contribution is 9.09. The Labute approximate surface area is 103 Å². The Bertz CT molecular complexity index is 171. The molecule has 2 heteroatoms. The van der Waals surface area contributed by atoms with E-state index in [1.165, 1.54) is 25.7 Å². The average Bonchev–Trinajstić information content (AvgIpc) is 2.27. The van der Waals surface area contributed by atoms with Gasteiger partial charge < -0.3 is 4.74 Å². The van der Waals surface area contributed by atoms with Gasteiger partial charge in [-0.05, 0) is 43.9 Å². The zero-order chi connectivity index (χ0) is 11.3. The Morgan fingerprint density at radius 1 is 1.33 bits per heavy atom. The van der Waals surface area contributed by atoms with Crippen molar-refractivity contribution >= 4 is 15.9 Å². The third-order valence-electron chi connectivity index (χ3n) is 3.74. The molecule has 0 atom stereocenters. The minimum absolute atomic E-state index is 0.154. The summed E-state index contributed by atoms with van der Waals surface area (Å²) in [5.74, 6) is 1.76. The van der Waals surface area contributed by atoms with Crippen LogP contribution in [0.3, 0.4) is 0 Å². The van der Waals surface area contributed by atoms with Crippen molar-refractivity contribution in [3.05, 3.63) is 0 Å². The fourth-order valence-electron chi connectivity index (χ4n) is 2.47. The van der Waals surface area contributed by atoms with Gasteiger partial charge in [-0.2, -0.15) is 0 Å². The van der Waals surface area contributed by atoms with E-state index in [0.29, 0.717) is 0 Å². The molecule has 1 aliphatic carbocycles. The second kappa shape index (κ2) is 6.24. The molecule has 1 nitrogen and oxygen atoms in total. The van der Waals surface area contributed by atoms with E-state index in [1.807, 2.05) is 0 Å². The Kier molecular flexibility index (Phi) is 5.62. The maximum atomic E-state index is 6.05. The molecule has 0 N–H and O–H groups in total. The second-order valence-corrected chi connectivity index (χ2v) is 5.81. The Hall–Kier alpha value is 0.440. The molecule has 1 fully saturated rings. The normalized spacial score (nSPS) is 32.2. The van der Waals surface area contributed by atoms with Crippen LogP contribution in [0, 0.1) is 11.8 Å². The van der Waals surface area contributed by atoms with Crippen LogP contribution < -0.4 is 0 Å². The highest BCUT2D eigenvalue weighted by atomic mass is 79.9. The van der Waals surface area contributed by atoms with Crippen LogP contribution in [0.4, 0.5) is 0 Å². The van der Waals surface area contributed by atoms with Gasteiger partial charge in [-0.1, -0.05) is 36.7 Å². The number of ether oxygens (including phenoxy) is 1. The first-order valence-electron chi connectivity index (χ1n) is 6.33. The van der Waals surface area contributed by atoms with Gasteiger partial charge in [0.05, 0.1) is 5.60 Å². The zero-order valence-electron chi connectivity index (χ0n) is 10.4. The van der Waals surface area contributed by atoms with Gasteiger partial charge >= 0.3 is 0 Å². The molecule has 1 rings (SSSR count). The number of rotatable bonds is 5. The van der Waals surface area contributed by atoms with Crippen LogP contribution in [-0.4, -0.2) is 17.5 Å². The number of hydrogen-bond donors (Lipinski definition) is 0. The smallest absolute Gasteiger partial charge is 0.0779 e. The summed E-state index contributed by atoms with van der Waals surface area (Å²) < 4.78 is 6.05. The summed E-state index contributed by atoms with van der Waals surface area (Å²) in [5.41, 5.74) is 0.154. The second-order valence-electron chi connectivity index (χ2n) is 5.25. The molecule has 0 aromatic carbocycles. The van der Waals surface area contributed by atoms with Crippen LogP contribution >= 0.6 is 15.9 Å². The molecule has 1 saturated carbocycles. The molecule has 0 bridgehead atoms. The van der Waals surface area contributed by atoms with Gasteiger partial charge in [0, 0.05) is 11.9 Å². The lowest BCUT2D eigenvalue weighted by molar-refractivity contribution is -0.0630. The van der Waals surface area contributed by atoms with Gasteiger partial charge in [-0.3, -0.25) is 0 Å². The molecular weight excluding hydrogens is 252 g/mol. The van der Waals surface area contributed by atoms with Crippen molar-refractivity contribution in [3.8, 4) is 0 Å². The molecule has 0 aromatic rings. The SMILES string of the molecule is CCCOC1(CBr)CCC(C(C)C)CC1. The van der Waals surface area contributed by atoms with Gasteiger partial charge in [0.1, 0.15) is 0 Å². The monoisotopic (exact) mass is 276 g/mol. The third-order valence-corrected chi connectivity index (χ3v) is 4.76. The van der Waals surface area contributed by atoms with Crippen molar-refractivity contribution in [2.75, 3.05) is 11.9 Å². The maximum absolute atomic E-state index is 6.05. The molecular formula is C13H25BrO. The van der Waals surface area contributed by atoms with Crippen molar-refractivity contribution in [2.24, 2.45) is 11.8 Å². The van der Waals surface area contributed by atoms with Crippen molar-refractivity contribution in [2.45, 2.75) is 58.5 Å². The number of alkyl halides is 1. The molecule has 0 aromatic heterocycles. The minimum Gasteiger partial charge on any atom is -0.374 e. The molecule has 0 radical (unpaired) electrons. The van der Waals surface area contributed by atoms with Crippen molar-refractivity contribution < 1.29 is 4.74 Å². The van der Waals surface area contributed by atoms with Gasteiger partial charge in [0.25, 0.3) is 0 Å². The fourth-order valence-corrected chi connectivity index (χ4v) is 3.19. The molecule has 1 aliphatic rings. The lowest BCUT2D eigenvalue weighted by atomic mass is 9.75. The van der Waals surface area contributed by atoms with Gasteiger partial charge in [-0.25, -0.2) is 0 Å². The van der Waals surface area contributed by atoms with Crippen LogP contribution in [0.5, 0.6) is 0 Å². The van der Waals surface area contributed by atoms with Gasteiger partial charge in [0.2, 0.25) is 0 Å². The Balaban J connectivity index is 2.43. The highest BCUT2D eigenvalue weighted by Gasteiger charge is 2.35. The standard InChI is InChI=1S/C13H25BrO/c1-4-9-15-13(10-14)7-5-12(6-8-13)11(2)3/h11-12H,4-10H2,1-3H3. The number of halogens is 1. The van der Waals surface area contributed by atoms with Crippen molar-refractivity contribution in [1.82, 2.24) is 0 Å². The zero-order valence-corrected chi connectivity index (χ0v) is 12.0. The van der Waals surface area contributed by atoms with E-state index in [-0.39, 0.29) is 5.60 Å². The van der Waals surface area contributed by atoms with E-state index in [1.54, 1.807) is 0 Å². The van der Waals surface area contributed by atoms with Gasteiger partial charge in [0.15, 0.2) is 0 Å². The predicted molar refractivity (Wildman–Crippen MR) is 69.6 cm³/mol. The minimum atomic E-state index is 0.154. The van der Waals surface area contributed by atoms with Crippen LogP contribution in [0.1, 0.15) is 52.9 Å². The molecule has 0 amide bonds. The lowest BCUT2D eigenvalue weighted by Crippen LogP contribution is -2.40. The van der Waals surface area contributed by atoms with Crippen LogP contribution in [0.25, 0.3) is 0 Å². The van der Waals surface area contributed by atoms with E-state index in [9.17, 15) is 0 Å². The predicted octanol–water partition coefficient (Wildman–Crippen LogP) is 4.39. The quantitative estimate of drug-likeness (QED) is 0.677. The molecule has 0 aliphatic heterocycles. The largest absolute Gasteiger partial charge is 0.374 e. The maximum Gasteiger partial charge on any atom is 0.0779 e. The Morgan fingerprint density at radius 2 is 1.93 bits per heavy atom. The fraction of sp³-hybridized carbons (Fsp3) is 1.00. The first-order chi connectivity index (χ1) is 7.13. The number of hydrogen-bond acceptors (Lipinski definition) is 1. The molecule has 15 heavy (non-hydrogen) atoms. The van der Waals surface area contributed by atoms with E-state index >= 15 is 0 Å². The van der Waals surface area contributed by atoms with E-state index in [0.717, 1.165) is 30.2 Å². The van der Waals surface area contributed by atoms with Crippen LogP contribution in [-0.2, 0) is 4.74 Å². The van der Waals surface area contributed by atoms with E-state index < -0.39 is 0 Å². The molecule has 0 spiro atoms. The summed E-state index contributed by atoms with van der Waals surface area (Å²) >= 11 is 3.63. The summed E-state index contributed by atoms with van der Waals surface area (Å²) in [6.07, 6.45) is 6.28. The summed E-state index contributed by atoms with van der Waals surface area (Å²) in [4.78, 5) is 0. The molecule has 0 unspecified atom stereocenters. The highest BCUT2D eigenvalue weighted by Crippen LogP contribution is 2.39. The van der Waals surface area contributed by atoms with Gasteiger partial charge in [-0.15, -0.1) is 0 Å². The topological polar surface area (TPSA) is 9.23 Å². The van der Waals surface area contributed by atoms with E-state index in [2.05, 4.69) is 36.7 Å². The first kappa shape index (κ1) is 13.5. The molecule has 0 saturated heterocycles. The van der Waals surface area contributed by atoms with Crippen LogP contribution in [0.2, 0.25) is 0 Å². The summed E-state index contributed by atoms with van der Waals surface area (Å²) in [6.45, 7) is 7.79. The Morgan fingerprint density at radius 3 is 2.33 bits per heavy atom. The van der Waals surface area contributed by atoms with Crippen LogP contribution in [0.15, 0.2) is 0 Å². The average molecular weight is 277 g/mol. The molecule has 90 valence electrons.